The molecule has 0 saturated carbocycles. The average Bonchev–Trinajstić information content (AvgIpc) is 3.37. The molecule has 1 saturated heterocycles. The summed E-state index contributed by atoms with van der Waals surface area (Å²) in [6, 6.07) is 6.99. The molecule has 4 heterocycles. The first-order chi connectivity index (χ1) is 13.6. The second-order valence-corrected chi connectivity index (χ2v) is 7.90. The fourth-order valence-electron chi connectivity index (χ4n) is 4.62. The van der Waals surface area contributed by atoms with Gasteiger partial charge in [0.2, 0.25) is 0 Å². The van der Waals surface area contributed by atoms with Crippen LogP contribution >= 0.6 is 0 Å². The van der Waals surface area contributed by atoms with Crippen molar-refractivity contribution >= 4 is 17.1 Å². The molecule has 6 heteroatoms. The molecule has 1 unspecified atom stereocenters. The maximum absolute atomic E-state index is 11.5. The summed E-state index contributed by atoms with van der Waals surface area (Å²) in [5, 5.41) is 14.2. The Hall–Kier alpha value is -2.86. The van der Waals surface area contributed by atoms with Crippen molar-refractivity contribution in [2.45, 2.75) is 38.8 Å². The lowest BCUT2D eigenvalue weighted by Gasteiger charge is -2.30. The molecule has 2 aromatic heterocycles. The van der Waals surface area contributed by atoms with Crippen LogP contribution in [0.5, 0.6) is 0 Å². The summed E-state index contributed by atoms with van der Waals surface area (Å²) in [4.78, 5) is 20.8. The quantitative estimate of drug-likeness (QED) is 0.631. The number of aromatic nitrogens is 2. The van der Waals surface area contributed by atoms with E-state index in [0.29, 0.717) is 19.1 Å². The molecule has 0 bridgehead atoms. The van der Waals surface area contributed by atoms with Gasteiger partial charge in [-0.15, -0.1) is 0 Å². The predicted molar refractivity (Wildman–Crippen MR) is 108 cm³/mol. The minimum Gasteiger partial charge on any atom is -0.465 e. The Bertz CT molecular complexity index is 1070. The van der Waals surface area contributed by atoms with Crippen molar-refractivity contribution in [3.05, 3.63) is 52.8 Å². The van der Waals surface area contributed by atoms with Crippen LogP contribution in [0.15, 0.2) is 30.6 Å². The van der Waals surface area contributed by atoms with Gasteiger partial charge in [0.15, 0.2) is 0 Å². The molecule has 1 fully saturated rings. The zero-order chi connectivity index (χ0) is 19.3. The lowest BCUT2D eigenvalue weighted by Crippen LogP contribution is -2.35. The SMILES string of the molecule is Cc1c[nH]c2ncc(-c3cc4c(c(C5CCCN5)c3)CCN(C(=O)O)C4)cc12. The van der Waals surface area contributed by atoms with E-state index in [1.807, 2.05) is 12.4 Å². The van der Waals surface area contributed by atoms with Crippen molar-refractivity contribution in [3.8, 4) is 11.1 Å². The van der Waals surface area contributed by atoms with Crippen LogP contribution in [0.4, 0.5) is 4.79 Å². The van der Waals surface area contributed by atoms with Gasteiger partial charge in [-0.2, -0.15) is 0 Å². The number of hydrogen-bond acceptors (Lipinski definition) is 3. The van der Waals surface area contributed by atoms with E-state index in [-0.39, 0.29) is 0 Å². The van der Waals surface area contributed by atoms with Crippen molar-refractivity contribution in [2.24, 2.45) is 0 Å². The number of rotatable bonds is 2. The van der Waals surface area contributed by atoms with Crippen LogP contribution in [-0.2, 0) is 13.0 Å². The number of fused-ring (bicyclic) bond motifs is 2. The van der Waals surface area contributed by atoms with E-state index in [1.165, 1.54) is 28.0 Å². The second-order valence-electron chi connectivity index (χ2n) is 7.90. The van der Waals surface area contributed by atoms with E-state index >= 15 is 0 Å². The van der Waals surface area contributed by atoms with Crippen molar-refractivity contribution < 1.29 is 9.90 Å². The molecule has 3 N–H and O–H groups in total. The third kappa shape index (κ3) is 2.85. The molecule has 5 rings (SSSR count). The molecule has 144 valence electrons. The summed E-state index contributed by atoms with van der Waals surface area (Å²) in [6.07, 6.45) is 6.14. The molecule has 0 spiro atoms. The Balaban J connectivity index is 1.64. The molecule has 1 aromatic carbocycles. The number of hydrogen-bond donors (Lipinski definition) is 3. The molecule has 6 nitrogen and oxygen atoms in total. The molecule has 0 aliphatic carbocycles. The number of H-pyrrole nitrogens is 1. The summed E-state index contributed by atoms with van der Waals surface area (Å²) in [6.45, 7) is 4.14. The van der Waals surface area contributed by atoms with E-state index in [1.54, 1.807) is 0 Å². The van der Waals surface area contributed by atoms with Gasteiger partial charge in [-0.3, -0.25) is 0 Å². The Labute approximate surface area is 163 Å². The summed E-state index contributed by atoms with van der Waals surface area (Å²) in [5.74, 6) is 0. The van der Waals surface area contributed by atoms with Gasteiger partial charge in [-0.05, 0) is 78.7 Å². The van der Waals surface area contributed by atoms with Crippen LogP contribution < -0.4 is 5.32 Å². The van der Waals surface area contributed by atoms with Crippen LogP contribution in [-0.4, -0.2) is 39.2 Å². The van der Waals surface area contributed by atoms with E-state index in [9.17, 15) is 9.90 Å². The monoisotopic (exact) mass is 376 g/mol. The first-order valence-electron chi connectivity index (χ1n) is 9.91. The fourth-order valence-corrected chi connectivity index (χ4v) is 4.62. The van der Waals surface area contributed by atoms with Crippen LogP contribution in [0, 0.1) is 6.92 Å². The molecule has 2 aliphatic rings. The van der Waals surface area contributed by atoms with Crippen molar-refractivity contribution in [2.75, 3.05) is 13.1 Å². The van der Waals surface area contributed by atoms with Gasteiger partial charge in [0.1, 0.15) is 5.65 Å². The van der Waals surface area contributed by atoms with Gasteiger partial charge in [0.05, 0.1) is 0 Å². The molecule has 1 amide bonds. The van der Waals surface area contributed by atoms with Gasteiger partial charge in [-0.25, -0.2) is 9.78 Å². The van der Waals surface area contributed by atoms with Gasteiger partial charge in [-0.1, -0.05) is 0 Å². The molecule has 28 heavy (non-hydrogen) atoms. The maximum atomic E-state index is 11.5. The topological polar surface area (TPSA) is 81.2 Å². The smallest absolute Gasteiger partial charge is 0.407 e. The minimum absolute atomic E-state index is 0.357. The Morgan fingerprint density at radius 3 is 2.96 bits per heavy atom. The van der Waals surface area contributed by atoms with Gasteiger partial charge >= 0.3 is 6.09 Å². The molecule has 0 radical (unpaired) electrons. The van der Waals surface area contributed by atoms with E-state index in [2.05, 4.69) is 40.4 Å². The number of nitrogens with zero attached hydrogens (tertiary/aromatic N) is 2. The lowest BCUT2D eigenvalue weighted by molar-refractivity contribution is 0.140. The highest BCUT2D eigenvalue weighted by atomic mass is 16.4. The zero-order valence-electron chi connectivity index (χ0n) is 16.0. The van der Waals surface area contributed by atoms with Crippen molar-refractivity contribution in [1.82, 2.24) is 20.2 Å². The Kier molecular flexibility index (Phi) is 4.09. The predicted octanol–water partition coefficient (Wildman–Crippen LogP) is 4.00. The highest BCUT2D eigenvalue weighted by Crippen LogP contribution is 2.36. The second kappa shape index (κ2) is 6.63. The van der Waals surface area contributed by atoms with Crippen molar-refractivity contribution in [3.63, 3.8) is 0 Å². The summed E-state index contributed by atoms with van der Waals surface area (Å²) < 4.78 is 0. The number of nitrogens with one attached hydrogen (secondary N) is 2. The van der Waals surface area contributed by atoms with Crippen LogP contribution in [0.25, 0.3) is 22.2 Å². The third-order valence-corrected chi connectivity index (χ3v) is 6.15. The number of benzene rings is 1. The van der Waals surface area contributed by atoms with Gasteiger partial charge in [0, 0.05) is 42.5 Å². The number of pyridine rings is 1. The molecular weight excluding hydrogens is 352 g/mol. The highest BCUT2D eigenvalue weighted by Gasteiger charge is 2.27. The van der Waals surface area contributed by atoms with Gasteiger partial charge in [0.25, 0.3) is 0 Å². The largest absolute Gasteiger partial charge is 0.465 e. The van der Waals surface area contributed by atoms with Crippen LogP contribution in [0.1, 0.15) is 41.1 Å². The van der Waals surface area contributed by atoms with Crippen LogP contribution in [0.3, 0.4) is 0 Å². The normalized spacial score (nSPS) is 19.2. The molecule has 3 aromatic rings. The minimum atomic E-state index is -0.845. The summed E-state index contributed by atoms with van der Waals surface area (Å²) in [7, 11) is 0. The number of aryl methyl sites for hydroxylation is 1. The summed E-state index contributed by atoms with van der Waals surface area (Å²) >= 11 is 0. The maximum Gasteiger partial charge on any atom is 0.407 e. The van der Waals surface area contributed by atoms with E-state index in [0.717, 1.165) is 47.1 Å². The number of aromatic amines is 1. The summed E-state index contributed by atoms with van der Waals surface area (Å²) in [5.41, 5.74) is 8.05. The Morgan fingerprint density at radius 2 is 2.18 bits per heavy atom. The number of carboxylic acid groups (broad SMARTS) is 1. The average molecular weight is 376 g/mol. The molecule has 1 atom stereocenters. The van der Waals surface area contributed by atoms with Crippen molar-refractivity contribution in [1.29, 1.82) is 0 Å². The van der Waals surface area contributed by atoms with E-state index < -0.39 is 6.09 Å². The fraction of sp³-hybridized carbons (Fsp3) is 0.364. The molecule has 2 aliphatic heterocycles. The molecular formula is C22H24N4O2. The first-order valence-corrected chi connectivity index (χ1v) is 9.91. The lowest BCUT2D eigenvalue weighted by atomic mass is 9.87. The Morgan fingerprint density at radius 1 is 1.29 bits per heavy atom. The third-order valence-electron chi connectivity index (χ3n) is 6.15. The standard InChI is InChI=1S/C22H24N4O2/c1-13-10-24-21-18(13)9-15(11-25-21)14-7-16-12-26(22(27)28)6-4-17(16)19(8-14)20-3-2-5-23-20/h7-11,20,23H,2-6,12H2,1H3,(H,24,25)(H,27,28). The van der Waals surface area contributed by atoms with Gasteiger partial charge < -0.3 is 20.3 Å². The number of carbonyl (C=O) groups is 1. The zero-order valence-corrected chi connectivity index (χ0v) is 16.0. The van der Waals surface area contributed by atoms with Crippen LogP contribution in [0.2, 0.25) is 0 Å². The van der Waals surface area contributed by atoms with E-state index in [4.69, 9.17) is 0 Å². The first kappa shape index (κ1) is 17.3. The highest BCUT2D eigenvalue weighted by molar-refractivity contribution is 5.84. The number of amides is 1.